The maximum absolute atomic E-state index is 10.2. The number of carboxylic acids is 2. The summed E-state index contributed by atoms with van der Waals surface area (Å²) in [6, 6.07) is -1.63. The molecule has 11 N–H and O–H groups in total. The van der Waals surface area contributed by atoms with Crippen LogP contribution in [-0.4, -0.2) is 58.5 Å². The van der Waals surface area contributed by atoms with Gasteiger partial charge in [0.15, 0.2) is 0 Å². The number of carbonyl (C=O) groups is 2. The van der Waals surface area contributed by atoms with Gasteiger partial charge in [-0.25, -0.2) is 0 Å². The summed E-state index contributed by atoms with van der Waals surface area (Å²) in [5, 5.41) is 25.5. The fourth-order valence-corrected chi connectivity index (χ4v) is 1.07. The van der Waals surface area contributed by atoms with Crippen molar-refractivity contribution in [1.82, 2.24) is 0 Å². The van der Waals surface area contributed by atoms with Crippen LogP contribution < -0.4 is 22.9 Å². The van der Waals surface area contributed by atoms with Crippen LogP contribution in [0.25, 0.3) is 0 Å². The summed E-state index contributed by atoms with van der Waals surface area (Å²) in [6.45, 7) is 0.646. The highest BCUT2D eigenvalue weighted by Gasteiger charge is 2.12. The minimum Gasteiger partial charge on any atom is -0.480 e. The van der Waals surface area contributed by atoms with Gasteiger partial charge in [-0.3, -0.25) is 9.59 Å². The van der Waals surface area contributed by atoms with Gasteiger partial charge in [0.25, 0.3) is 0 Å². The number of aliphatic hydroxyl groups excluding tert-OH is 1. The molecule has 0 spiro atoms. The first-order chi connectivity index (χ1) is 9.26. The number of rotatable bonds is 9. The summed E-state index contributed by atoms with van der Waals surface area (Å²) in [5.41, 5.74) is 20.5. The zero-order valence-corrected chi connectivity index (χ0v) is 11.4. The van der Waals surface area contributed by atoms with Crippen LogP contribution in [0.5, 0.6) is 0 Å². The van der Waals surface area contributed by atoms with Crippen LogP contribution in [-0.2, 0) is 9.59 Å². The third-order valence-corrected chi connectivity index (χ3v) is 2.44. The quantitative estimate of drug-likeness (QED) is 0.243. The van der Waals surface area contributed by atoms with Crippen molar-refractivity contribution in [3.63, 3.8) is 0 Å². The van der Waals surface area contributed by atoms with E-state index in [1.807, 2.05) is 0 Å². The SMILES string of the molecule is NCCC[C@H](N)C(=O)O.NC[C@H](O)CC[C@H](N)C(=O)O. The molecule has 0 bridgehead atoms. The number of carboxylic acid groups (broad SMARTS) is 2. The molecule has 0 aliphatic heterocycles. The molecule has 0 aromatic heterocycles. The Morgan fingerprint density at radius 2 is 1.35 bits per heavy atom. The van der Waals surface area contributed by atoms with E-state index in [-0.39, 0.29) is 13.0 Å². The Balaban J connectivity index is 0. The van der Waals surface area contributed by atoms with Gasteiger partial charge in [0.05, 0.1) is 6.10 Å². The van der Waals surface area contributed by atoms with Crippen molar-refractivity contribution in [2.24, 2.45) is 22.9 Å². The summed E-state index contributed by atoms with van der Waals surface area (Å²) < 4.78 is 0. The van der Waals surface area contributed by atoms with Crippen LogP contribution in [0.1, 0.15) is 25.7 Å². The first-order valence-corrected chi connectivity index (χ1v) is 6.31. The Hall–Kier alpha value is -1.26. The van der Waals surface area contributed by atoms with Crippen LogP contribution >= 0.6 is 0 Å². The van der Waals surface area contributed by atoms with Gasteiger partial charge in [-0.2, -0.15) is 0 Å². The van der Waals surface area contributed by atoms with E-state index in [9.17, 15) is 9.59 Å². The van der Waals surface area contributed by atoms with E-state index in [0.717, 1.165) is 0 Å². The molecule has 0 fully saturated rings. The fraction of sp³-hybridized carbons (Fsp3) is 0.818. The van der Waals surface area contributed by atoms with E-state index >= 15 is 0 Å². The van der Waals surface area contributed by atoms with E-state index in [1.165, 1.54) is 0 Å². The summed E-state index contributed by atoms with van der Waals surface area (Å²) in [4.78, 5) is 20.2. The Bertz CT molecular complexity index is 278. The molecule has 0 aliphatic carbocycles. The summed E-state index contributed by atoms with van der Waals surface area (Å²) in [5.74, 6) is -2.00. The Morgan fingerprint density at radius 3 is 1.70 bits per heavy atom. The fourth-order valence-electron chi connectivity index (χ4n) is 1.07. The van der Waals surface area contributed by atoms with Gasteiger partial charge in [0, 0.05) is 6.54 Å². The average molecular weight is 294 g/mol. The first kappa shape index (κ1) is 21.0. The van der Waals surface area contributed by atoms with Crippen LogP contribution in [0.2, 0.25) is 0 Å². The lowest BCUT2D eigenvalue weighted by Crippen LogP contribution is -2.32. The molecule has 0 aliphatic rings. The number of nitrogens with two attached hydrogens (primary N) is 4. The molecular weight excluding hydrogens is 268 g/mol. The molecule has 120 valence electrons. The second kappa shape index (κ2) is 12.8. The van der Waals surface area contributed by atoms with E-state index in [4.69, 9.17) is 38.3 Å². The van der Waals surface area contributed by atoms with Crippen molar-refractivity contribution in [1.29, 1.82) is 0 Å². The summed E-state index contributed by atoms with van der Waals surface area (Å²) in [7, 11) is 0. The van der Waals surface area contributed by atoms with Crippen molar-refractivity contribution < 1.29 is 24.9 Å². The van der Waals surface area contributed by atoms with Gasteiger partial charge in [-0.05, 0) is 32.2 Å². The summed E-state index contributed by atoms with van der Waals surface area (Å²) >= 11 is 0. The number of hydrogen-bond acceptors (Lipinski definition) is 7. The van der Waals surface area contributed by atoms with Crippen molar-refractivity contribution in [2.75, 3.05) is 13.1 Å². The molecule has 0 rings (SSSR count). The molecule has 0 heterocycles. The monoisotopic (exact) mass is 294 g/mol. The normalized spacial score (nSPS) is 14.7. The molecule has 0 amide bonds. The predicted molar refractivity (Wildman–Crippen MR) is 73.8 cm³/mol. The molecule has 0 aromatic carbocycles. The maximum atomic E-state index is 10.2. The van der Waals surface area contributed by atoms with Crippen LogP contribution in [0.4, 0.5) is 0 Å². The molecule has 0 radical (unpaired) electrons. The van der Waals surface area contributed by atoms with Crippen LogP contribution in [0, 0.1) is 0 Å². The molecule has 9 heteroatoms. The lowest BCUT2D eigenvalue weighted by molar-refractivity contribution is -0.139. The Labute approximate surface area is 117 Å². The van der Waals surface area contributed by atoms with Crippen molar-refractivity contribution >= 4 is 11.9 Å². The summed E-state index contributed by atoms with van der Waals surface area (Å²) in [6.07, 6.45) is 1.09. The highest BCUT2D eigenvalue weighted by molar-refractivity contribution is 5.73. The van der Waals surface area contributed by atoms with Gasteiger partial charge < -0.3 is 38.3 Å². The molecule has 9 nitrogen and oxygen atoms in total. The second-order valence-electron chi connectivity index (χ2n) is 4.29. The Morgan fingerprint density at radius 1 is 0.900 bits per heavy atom. The third kappa shape index (κ3) is 13.2. The molecular formula is C11H26N4O5. The largest absolute Gasteiger partial charge is 0.480 e. The smallest absolute Gasteiger partial charge is 0.320 e. The first-order valence-electron chi connectivity index (χ1n) is 6.31. The van der Waals surface area contributed by atoms with E-state index in [2.05, 4.69) is 0 Å². The van der Waals surface area contributed by atoms with Gasteiger partial charge >= 0.3 is 11.9 Å². The lowest BCUT2D eigenvalue weighted by atomic mass is 10.1. The van der Waals surface area contributed by atoms with Crippen molar-refractivity contribution in [3.05, 3.63) is 0 Å². The van der Waals surface area contributed by atoms with E-state index in [0.29, 0.717) is 25.8 Å². The lowest BCUT2D eigenvalue weighted by Gasteiger charge is -2.09. The van der Waals surface area contributed by atoms with Gasteiger partial charge in [0.2, 0.25) is 0 Å². The maximum Gasteiger partial charge on any atom is 0.320 e. The number of hydrogen-bond donors (Lipinski definition) is 7. The van der Waals surface area contributed by atoms with Crippen LogP contribution in [0.3, 0.4) is 0 Å². The molecule has 20 heavy (non-hydrogen) atoms. The highest BCUT2D eigenvalue weighted by atomic mass is 16.4. The zero-order chi connectivity index (χ0) is 16.1. The standard InChI is InChI=1S/C6H14N2O3.C5H12N2O2/c7-3-4(9)1-2-5(8)6(10)11;6-3-1-2-4(7)5(8)9/h4-5,9H,1-3,7-8H2,(H,10,11);4H,1-3,6-7H2,(H,8,9)/t4-,5+;4-/m10/s1. The predicted octanol–water partition coefficient (Wildman–Crippen LogP) is -2.36. The van der Waals surface area contributed by atoms with E-state index in [1.54, 1.807) is 0 Å². The van der Waals surface area contributed by atoms with Crippen molar-refractivity contribution in [3.8, 4) is 0 Å². The topological polar surface area (TPSA) is 199 Å². The average Bonchev–Trinajstić information content (AvgIpc) is 2.41. The third-order valence-electron chi connectivity index (χ3n) is 2.44. The molecule has 0 aromatic rings. The Kier molecular flexibility index (Phi) is 13.4. The molecule has 0 saturated carbocycles. The second-order valence-corrected chi connectivity index (χ2v) is 4.29. The number of aliphatic hydroxyl groups is 1. The highest BCUT2D eigenvalue weighted by Crippen LogP contribution is 1.98. The molecule has 3 atom stereocenters. The van der Waals surface area contributed by atoms with Gasteiger partial charge in [-0.15, -0.1) is 0 Å². The van der Waals surface area contributed by atoms with Gasteiger partial charge in [-0.1, -0.05) is 0 Å². The molecule has 0 saturated heterocycles. The van der Waals surface area contributed by atoms with Gasteiger partial charge in [0.1, 0.15) is 12.1 Å². The van der Waals surface area contributed by atoms with Crippen molar-refractivity contribution in [2.45, 2.75) is 43.9 Å². The minimum absolute atomic E-state index is 0.145. The van der Waals surface area contributed by atoms with Crippen LogP contribution in [0.15, 0.2) is 0 Å². The van der Waals surface area contributed by atoms with E-state index < -0.39 is 30.1 Å². The molecule has 0 unspecified atom stereocenters. The number of aliphatic carboxylic acids is 2. The zero-order valence-electron chi connectivity index (χ0n) is 11.4. The minimum atomic E-state index is -1.05.